The topological polar surface area (TPSA) is 85.4 Å². The summed E-state index contributed by atoms with van der Waals surface area (Å²) in [6, 6.07) is 1.56. The fraction of sp³-hybridized carbons (Fsp3) is 0.231. The van der Waals surface area contributed by atoms with Gasteiger partial charge in [-0.15, -0.1) is 0 Å². The lowest BCUT2D eigenvalue weighted by molar-refractivity contribution is -0.124. The van der Waals surface area contributed by atoms with Crippen LogP contribution in [0.4, 0.5) is 0 Å². The van der Waals surface area contributed by atoms with Crippen molar-refractivity contribution in [2.24, 2.45) is 0 Å². The smallest absolute Gasteiger partial charge is 0.339 e. The molecule has 98 valence electrons. The molecule has 0 bridgehead atoms. The molecule has 1 aliphatic rings. The second-order valence-electron chi connectivity index (χ2n) is 3.95. The van der Waals surface area contributed by atoms with Crippen molar-refractivity contribution in [1.29, 1.82) is 0 Å². The molecule has 2 heterocycles. The summed E-state index contributed by atoms with van der Waals surface area (Å²) in [5, 5.41) is 2.19. The van der Waals surface area contributed by atoms with Crippen molar-refractivity contribution >= 4 is 23.9 Å². The van der Waals surface area contributed by atoms with Crippen LogP contribution >= 0.6 is 0 Å². The molecule has 1 aromatic rings. The lowest BCUT2D eigenvalue weighted by Crippen LogP contribution is -2.19. The minimum atomic E-state index is -0.470. The number of ether oxygens (including phenoxy) is 1. The molecule has 0 spiro atoms. The van der Waals surface area contributed by atoms with E-state index in [1.165, 1.54) is 18.5 Å². The number of hydrogen-bond acceptors (Lipinski definition) is 5. The van der Waals surface area contributed by atoms with Crippen molar-refractivity contribution in [2.75, 3.05) is 6.61 Å². The van der Waals surface area contributed by atoms with Gasteiger partial charge in [-0.25, -0.2) is 4.79 Å². The Morgan fingerprint density at radius 3 is 2.89 bits per heavy atom. The van der Waals surface area contributed by atoms with Gasteiger partial charge in [0.2, 0.25) is 5.91 Å². The van der Waals surface area contributed by atoms with Crippen LogP contribution in [-0.4, -0.2) is 29.4 Å². The molecule has 1 aromatic heterocycles. The first kappa shape index (κ1) is 12.9. The van der Waals surface area contributed by atoms with E-state index < -0.39 is 11.9 Å². The lowest BCUT2D eigenvalue weighted by atomic mass is 10.1. The molecule has 0 atom stereocenters. The molecule has 19 heavy (non-hydrogen) atoms. The van der Waals surface area contributed by atoms with Crippen molar-refractivity contribution in [3.05, 3.63) is 35.2 Å². The Labute approximate surface area is 109 Å². The highest BCUT2D eigenvalue weighted by molar-refractivity contribution is 6.15. The molecule has 1 saturated heterocycles. The number of hydrogen-bond donors (Lipinski definition) is 1. The van der Waals surface area contributed by atoms with Crippen LogP contribution in [0.15, 0.2) is 24.0 Å². The van der Waals surface area contributed by atoms with E-state index in [9.17, 15) is 14.4 Å². The third-order valence-corrected chi connectivity index (χ3v) is 2.51. The summed E-state index contributed by atoms with van der Waals surface area (Å²) < 4.78 is 4.86. The van der Waals surface area contributed by atoms with Gasteiger partial charge in [-0.05, 0) is 24.6 Å². The summed E-state index contributed by atoms with van der Waals surface area (Å²) in [5.74, 6) is -1.21. The highest BCUT2D eigenvalue weighted by Crippen LogP contribution is 2.15. The fourth-order valence-corrected chi connectivity index (χ4v) is 1.68. The van der Waals surface area contributed by atoms with Crippen molar-refractivity contribution in [3.8, 4) is 0 Å². The van der Waals surface area contributed by atoms with E-state index >= 15 is 0 Å². The predicted molar refractivity (Wildman–Crippen MR) is 65.9 cm³/mol. The van der Waals surface area contributed by atoms with Crippen molar-refractivity contribution < 1.29 is 19.1 Å². The molecule has 0 saturated carbocycles. The normalized spacial score (nSPS) is 16.6. The molecule has 6 heteroatoms. The Morgan fingerprint density at radius 1 is 1.47 bits per heavy atom. The maximum absolute atomic E-state index is 11.5. The number of nitrogens with one attached hydrogen (secondary N) is 1. The van der Waals surface area contributed by atoms with Crippen molar-refractivity contribution in [2.45, 2.75) is 13.3 Å². The second-order valence-corrected chi connectivity index (χ2v) is 3.95. The summed E-state index contributed by atoms with van der Waals surface area (Å²) >= 11 is 0. The molecule has 0 aliphatic carbocycles. The van der Waals surface area contributed by atoms with Gasteiger partial charge >= 0.3 is 5.97 Å². The van der Waals surface area contributed by atoms with Gasteiger partial charge in [0.05, 0.1) is 18.6 Å². The maximum atomic E-state index is 11.5. The summed E-state index contributed by atoms with van der Waals surface area (Å²) in [7, 11) is 0. The summed E-state index contributed by atoms with van der Waals surface area (Å²) in [5.41, 5.74) is 1.24. The minimum Gasteiger partial charge on any atom is -0.462 e. The molecule has 0 aromatic carbocycles. The first-order valence-electron chi connectivity index (χ1n) is 5.77. The van der Waals surface area contributed by atoms with Crippen molar-refractivity contribution in [1.82, 2.24) is 10.3 Å². The van der Waals surface area contributed by atoms with Crippen LogP contribution in [0.1, 0.15) is 29.3 Å². The van der Waals surface area contributed by atoms with Crippen LogP contribution in [0.3, 0.4) is 0 Å². The summed E-state index contributed by atoms with van der Waals surface area (Å²) in [4.78, 5) is 37.9. The first-order valence-corrected chi connectivity index (χ1v) is 5.77. The van der Waals surface area contributed by atoms with Crippen molar-refractivity contribution in [3.63, 3.8) is 0 Å². The van der Waals surface area contributed by atoms with Crippen LogP contribution in [0, 0.1) is 0 Å². The molecule has 1 N–H and O–H groups in total. The van der Waals surface area contributed by atoms with Gasteiger partial charge in [0.15, 0.2) is 0 Å². The number of aromatic nitrogens is 1. The highest BCUT2D eigenvalue weighted by Gasteiger charge is 2.23. The van der Waals surface area contributed by atoms with Gasteiger partial charge < -0.3 is 4.74 Å². The second kappa shape index (κ2) is 5.43. The number of rotatable bonds is 3. The molecule has 1 fully saturated rings. The number of carbonyl (C=O) groups is 3. The predicted octanol–water partition coefficient (Wildman–Crippen LogP) is 0.688. The van der Waals surface area contributed by atoms with Gasteiger partial charge in [0, 0.05) is 18.0 Å². The van der Waals surface area contributed by atoms with E-state index in [0.29, 0.717) is 16.7 Å². The largest absolute Gasteiger partial charge is 0.462 e. The number of imide groups is 1. The third kappa shape index (κ3) is 3.04. The Balaban J connectivity index is 2.24. The summed E-state index contributed by atoms with van der Waals surface area (Å²) in [6.45, 7) is 1.99. The van der Waals surface area contributed by atoms with Crippen LogP contribution in [-0.2, 0) is 14.3 Å². The first-order chi connectivity index (χ1) is 9.10. The van der Waals surface area contributed by atoms with E-state index in [1.54, 1.807) is 13.0 Å². The molecule has 2 rings (SSSR count). The highest BCUT2D eigenvalue weighted by atomic mass is 16.5. The average Bonchev–Trinajstić information content (AvgIpc) is 2.68. The van der Waals surface area contributed by atoms with Crippen LogP contribution in [0.25, 0.3) is 6.08 Å². The lowest BCUT2D eigenvalue weighted by Gasteiger charge is -2.02. The number of pyridine rings is 1. The Morgan fingerprint density at radius 2 is 2.26 bits per heavy atom. The van der Waals surface area contributed by atoms with E-state index in [-0.39, 0.29) is 18.9 Å². The van der Waals surface area contributed by atoms with Gasteiger partial charge in [-0.3, -0.25) is 19.9 Å². The zero-order valence-electron chi connectivity index (χ0n) is 10.3. The number of nitrogens with zero attached hydrogens (tertiary/aromatic N) is 1. The van der Waals surface area contributed by atoms with E-state index in [0.717, 1.165) is 0 Å². The van der Waals surface area contributed by atoms with E-state index in [1.807, 2.05) is 0 Å². The fourth-order valence-electron chi connectivity index (χ4n) is 1.68. The molecule has 2 amide bonds. The van der Waals surface area contributed by atoms with Gasteiger partial charge in [-0.1, -0.05) is 0 Å². The van der Waals surface area contributed by atoms with Crippen LogP contribution in [0.2, 0.25) is 0 Å². The van der Waals surface area contributed by atoms with E-state index in [4.69, 9.17) is 4.74 Å². The Bertz CT molecular complexity index is 578. The monoisotopic (exact) mass is 260 g/mol. The zero-order chi connectivity index (χ0) is 13.8. The molecular weight excluding hydrogens is 248 g/mol. The quantitative estimate of drug-likeness (QED) is 0.491. The zero-order valence-corrected chi connectivity index (χ0v) is 10.3. The number of esters is 1. The van der Waals surface area contributed by atoms with E-state index in [2.05, 4.69) is 10.3 Å². The molecule has 0 unspecified atom stereocenters. The Kier molecular flexibility index (Phi) is 3.70. The number of amides is 2. The van der Waals surface area contributed by atoms with Gasteiger partial charge in [-0.2, -0.15) is 0 Å². The molecule has 0 radical (unpaired) electrons. The molecular formula is C13H12N2O4. The van der Waals surface area contributed by atoms with Crippen LogP contribution < -0.4 is 5.32 Å². The Hall–Kier alpha value is -2.50. The molecule has 6 nitrogen and oxygen atoms in total. The third-order valence-electron chi connectivity index (χ3n) is 2.51. The van der Waals surface area contributed by atoms with Gasteiger partial charge in [0.1, 0.15) is 0 Å². The summed E-state index contributed by atoms with van der Waals surface area (Å²) in [6.07, 6.45) is 4.48. The standard InChI is InChI=1S/C13H12N2O4/c1-2-19-13(18)10-4-8(6-14-7-10)3-9-5-11(16)15-12(9)17/h3-4,6-7H,2,5H2,1H3,(H,15,16,17)/b9-3+. The van der Waals surface area contributed by atoms with Gasteiger partial charge in [0.25, 0.3) is 5.91 Å². The van der Waals surface area contributed by atoms with Crippen LogP contribution in [0.5, 0.6) is 0 Å². The maximum Gasteiger partial charge on any atom is 0.339 e. The number of carbonyl (C=O) groups excluding carboxylic acids is 3. The SMILES string of the molecule is CCOC(=O)c1cncc(/C=C2\CC(=O)NC2=O)c1. The minimum absolute atomic E-state index is 0.0441. The molecule has 1 aliphatic heterocycles. The average molecular weight is 260 g/mol.